The van der Waals surface area contributed by atoms with E-state index >= 15 is 0 Å². The lowest BCUT2D eigenvalue weighted by Gasteiger charge is -2.32. The second-order valence-electron chi connectivity index (χ2n) is 4.35. The Morgan fingerprint density at radius 3 is 2.67 bits per heavy atom. The van der Waals surface area contributed by atoms with Crippen LogP contribution in [0.25, 0.3) is 0 Å². The summed E-state index contributed by atoms with van der Waals surface area (Å²) in [6.07, 6.45) is 1.12. The number of rotatable bonds is 7. The molecule has 1 atom stereocenters. The van der Waals surface area contributed by atoms with Crippen LogP contribution in [0.3, 0.4) is 0 Å². The molecule has 0 saturated carbocycles. The van der Waals surface area contributed by atoms with Crippen LogP contribution in [0.2, 0.25) is 0 Å². The van der Waals surface area contributed by atoms with Gasteiger partial charge in [-0.2, -0.15) is 0 Å². The van der Waals surface area contributed by atoms with Gasteiger partial charge >= 0.3 is 0 Å². The molecule has 0 spiro atoms. The van der Waals surface area contributed by atoms with E-state index in [1.807, 2.05) is 0 Å². The van der Waals surface area contributed by atoms with E-state index in [9.17, 15) is 0 Å². The van der Waals surface area contributed by atoms with Crippen molar-refractivity contribution in [2.45, 2.75) is 31.6 Å². The van der Waals surface area contributed by atoms with Gasteiger partial charge in [0.05, 0.1) is 6.61 Å². The summed E-state index contributed by atoms with van der Waals surface area (Å²) in [6, 6.07) is 6.95. The predicted molar refractivity (Wildman–Crippen MR) is 85.7 cm³/mol. The van der Waals surface area contributed by atoms with Crippen LogP contribution in [-0.4, -0.2) is 26.3 Å². The van der Waals surface area contributed by atoms with Gasteiger partial charge in [-0.1, -0.05) is 44.8 Å². The average molecular weight is 379 g/mol. The Kier molecular flexibility index (Phi) is 7.27. The lowest BCUT2D eigenvalue weighted by Crippen LogP contribution is -2.36. The van der Waals surface area contributed by atoms with E-state index < -0.39 is 0 Å². The normalized spacial score (nSPS) is 12.5. The van der Waals surface area contributed by atoms with Gasteiger partial charge in [0.2, 0.25) is 0 Å². The van der Waals surface area contributed by atoms with Gasteiger partial charge in [0.25, 0.3) is 0 Å². The van der Waals surface area contributed by atoms with Crippen molar-refractivity contribution >= 4 is 37.5 Å². The summed E-state index contributed by atoms with van der Waals surface area (Å²) < 4.78 is 6.35. The molecule has 0 amide bonds. The fourth-order valence-electron chi connectivity index (χ4n) is 1.91. The summed E-state index contributed by atoms with van der Waals surface area (Å²) in [5, 5.41) is 0.871. The molecular weight excluding hydrogens is 358 g/mol. The molecule has 18 heavy (non-hydrogen) atoms. The van der Waals surface area contributed by atoms with Crippen LogP contribution in [0.4, 0.5) is 5.69 Å². The Bertz CT molecular complexity index is 371. The molecule has 0 aliphatic heterocycles. The van der Waals surface area contributed by atoms with Gasteiger partial charge in [-0.05, 0) is 31.0 Å². The second-order valence-corrected chi connectivity index (χ2v) is 5.83. The first-order valence-electron chi connectivity index (χ1n) is 6.24. The van der Waals surface area contributed by atoms with Crippen molar-refractivity contribution in [3.63, 3.8) is 0 Å². The van der Waals surface area contributed by atoms with Crippen LogP contribution in [0.1, 0.15) is 25.8 Å². The van der Waals surface area contributed by atoms with Crippen molar-refractivity contribution in [3.05, 3.63) is 28.2 Å². The monoisotopic (exact) mass is 377 g/mol. The molecule has 1 unspecified atom stereocenters. The molecular formula is C14H21Br2NO. The quantitative estimate of drug-likeness (QED) is 0.643. The first-order chi connectivity index (χ1) is 8.63. The maximum atomic E-state index is 5.23. The molecule has 0 aliphatic carbocycles. The molecule has 0 fully saturated rings. The molecule has 1 aromatic carbocycles. The molecule has 0 aliphatic rings. The molecule has 0 saturated heterocycles. The standard InChI is InChI=1S/C14H21Br2NO/c1-4-11(2)17(7-8-18-3)14-9-13(16)6-5-12(14)10-15/h5-6,9,11H,4,7-8,10H2,1-3H3. The molecule has 0 radical (unpaired) electrons. The van der Waals surface area contributed by atoms with Gasteiger partial charge in [0, 0.05) is 35.2 Å². The van der Waals surface area contributed by atoms with Gasteiger partial charge in [-0.25, -0.2) is 0 Å². The zero-order chi connectivity index (χ0) is 13.5. The molecule has 0 heterocycles. The van der Waals surface area contributed by atoms with Crippen molar-refractivity contribution in [3.8, 4) is 0 Å². The van der Waals surface area contributed by atoms with Crippen LogP contribution in [0.5, 0.6) is 0 Å². The molecule has 102 valence electrons. The highest BCUT2D eigenvalue weighted by Gasteiger charge is 2.16. The van der Waals surface area contributed by atoms with Crippen LogP contribution in [0.15, 0.2) is 22.7 Å². The number of ether oxygens (including phenoxy) is 1. The summed E-state index contributed by atoms with van der Waals surface area (Å²) in [4.78, 5) is 2.42. The van der Waals surface area contributed by atoms with Gasteiger partial charge in [-0.15, -0.1) is 0 Å². The van der Waals surface area contributed by atoms with Crippen molar-refractivity contribution in [2.75, 3.05) is 25.2 Å². The first-order valence-corrected chi connectivity index (χ1v) is 8.15. The lowest BCUT2D eigenvalue weighted by molar-refractivity contribution is 0.203. The fraction of sp³-hybridized carbons (Fsp3) is 0.571. The minimum atomic E-state index is 0.507. The first kappa shape index (κ1) is 16.0. The van der Waals surface area contributed by atoms with E-state index in [0.717, 1.165) is 29.4 Å². The fourth-order valence-corrected chi connectivity index (χ4v) is 2.73. The van der Waals surface area contributed by atoms with E-state index in [0.29, 0.717) is 6.04 Å². The third-order valence-electron chi connectivity index (χ3n) is 3.16. The Hall–Kier alpha value is -0.0600. The zero-order valence-electron chi connectivity index (χ0n) is 11.2. The molecule has 4 heteroatoms. The highest BCUT2D eigenvalue weighted by Crippen LogP contribution is 2.29. The number of nitrogens with zero attached hydrogens (tertiary/aromatic N) is 1. The van der Waals surface area contributed by atoms with Gasteiger partial charge in [0.1, 0.15) is 0 Å². The molecule has 1 rings (SSSR count). The number of hydrogen-bond acceptors (Lipinski definition) is 2. The number of anilines is 1. The number of alkyl halides is 1. The Balaban J connectivity index is 3.05. The number of benzene rings is 1. The van der Waals surface area contributed by atoms with Gasteiger partial charge < -0.3 is 9.64 Å². The van der Waals surface area contributed by atoms with Crippen LogP contribution >= 0.6 is 31.9 Å². The largest absolute Gasteiger partial charge is 0.383 e. The van der Waals surface area contributed by atoms with E-state index in [1.54, 1.807) is 7.11 Å². The predicted octanol–water partition coefficient (Wildman–Crippen LogP) is 4.60. The van der Waals surface area contributed by atoms with Crippen LogP contribution < -0.4 is 4.90 Å². The topological polar surface area (TPSA) is 12.5 Å². The number of halogens is 2. The van der Waals surface area contributed by atoms with Crippen LogP contribution in [-0.2, 0) is 10.1 Å². The van der Waals surface area contributed by atoms with Gasteiger partial charge in [-0.3, -0.25) is 0 Å². The Morgan fingerprint density at radius 2 is 2.11 bits per heavy atom. The summed E-state index contributed by atoms with van der Waals surface area (Å²) >= 11 is 7.13. The van der Waals surface area contributed by atoms with E-state index in [1.165, 1.54) is 11.3 Å². The third kappa shape index (κ3) is 4.25. The highest BCUT2D eigenvalue weighted by atomic mass is 79.9. The number of hydrogen-bond donors (Lipinski definition) is 0. The summed E-state index contributed by atoms with van der Waals surface area (Å²) in [5.41, 5.74) is 2.60. The molecule has 0 N–H and O–H groups in total. The van der Waals surface area contributed by atoms with Crippen molar-refractivity contribution in [1.29, 1.82) is 0 Å². The minimum absolute atomic E-state index is 0.507. The summed E-state index contributed by atoms with van der Waals surface area (Å²) in [7, 11) is 1.75. The van der Waals surface area contributed by atoms with E-state index in [-0.39, 0.29) is 0 Å². The van der Waals surface area contributed by atoms with Crippen LogP contribution in [0, 0.1) is 0 Å². The third-order valence-corrected chi connectivity index (χ3v) is 4.26. The van der Waals surface area contributed by atoms with E-state index in [2.05, 4.69) is 68.8 Å². The maximum Gasteiger partial charge on any atom is 0.0637 e. The smallest absolute Gasteiger partial charge is 0.0637 e. The minimum Gasteiger partial charge on any atom is -0.383 e. The molecule has 0 bridgehead atoms. The van der Waals surface area contributed by atoms with Gasteiger partial charge in [0.15, 0.2) is 0 Å². The second kappa shape index (κ2) is 8.18. The Labute approximate surface area is 127 Å². The molecule has 2 nitrogen and oxygen atoms in total. The lowest BCUT2D eigenvalue weighted by atomic mass is 10.1. The average Bonchev–Trinajstić information content (AvgIpc) is 2.39. The summed E-state index contributed by atoms with van der Waals surface area (Å²) in [6.45, 7) is 6.14. The van der Waals surface area contributed by atoms with E-state index in [4.69, 9.17) is 4.74 Å². The SMILES string of the molecule is CCC(C)N(CCOC)c1cc(Br)ccc1CBr. The summed E-state index contributed by atoms with van der Waals surface area (Å²) in [5.74, 6) is 0. The molecule has 0 aromatic heterocycles. The Morgan fingerprint density at radius 1 is 1.39 bits per heavy atom. The van der Waals surface area contributed by atoms with Crippen molar-refractivity contribution in [2.24, 2.45) is 0 Å². The highest BCUT2D eigenvalue weighted by molar-refractivity contribution is 9.10. The van der Waals surface area contributed by atoms with Crippen molar-refractivity contribution in [1.82, 2.24) is 0 Å². The number of methoxy groups -OCH3 is 1. The molecule has 1 aromatic rings. The zero-order valence-corrected chi connectivity index (χ0v) is 14.4. The maximum absolute atomic E-state index is 5.23. The van der Waals surface area contributed by atoms with Crippen molar-refractivity contribution < 1.29 is 4.74 Å².